The van der Waals surface area contributed by atoms with Crippen molar-refractivity contribution in [2.24, 2.45) is 5.92 Å². The zero-order valence-corrected chi connectivity index (χ0v) is 18.8. The normalized spacial score (nSPS) is 15.0. The third kappa shape index (κ3) is 7.40. The Kier molecular flexibility index (Phi) is 8.06. The lowest BCUT2D eigenvalue weighted by Crippen LogP contribution is -2.34. The predicted octanol–water partition coefficient (Wildman–Crippen LogP) is 4.38. The third-order valence-corrected chi connectivity index (χ3v) is 5.58. The maximum absolute atomic E-state index is 12.4. The van der Waals surface area contributed by atoms with Crippen molar-refractivity contribution in [3.05, 3.63) is 65.2 Å². The number of carbonyl (C=O) groups excluding carboxylic acids is 2. The molecule has 0 spiro atoms. The van der Waals surface area contributed by atoms with Gasteiger partial charge in [-0.2, -0.15) is 0 Å². The van der Waals surface area contributed by atoms with Gasteiger partial charge in [0.15, 0.2) is 0 Å². The maximum atomic E-state index is 12.4. The van der Waals surface area contributed by atoms with Crippen LogP contribution in [0.15, 0.2) is 48.5 Å². The lowest BCUT2D eigenvalue weighted by molar-refractivity contribution is 0.0951. The van der Waals surface area contributed by atoms with Gasteiger partial charge in [0.05, 0.1) is 0 Å². The molecule has 3 N–H and O–H groups in total. The summed E-state index contributed by atoms with van der Waals surface area (Å²) >= 11 is 0. The van der Waals surface area contributed by atoms with Crippen LogP contribution in [0.2, 0.25) is 0 Å². The fourth-order valence-electron chi connectivity index (χ4n) is 3.66. The molecule has 1 fully saturated rings. The molecular weight excluding hydrogens is 388 g/mol. The number of carbonyl (C=O) groups is 2. The first kappa shape index (κ1) is 22.8. The average Bonchev–Trinajstić information content (AvgIpc) is 2.74. The smallest absolute Gasteiger partial charge is 0.319 e. The second-order valence-corrected chi connectivity index (χ2v) is 8.79. The Balaban J connectivity index is 1.45. The lowest BCUT2D eigenvalue weighted by Gasteiger charge is -2.30. The number of benzene rings is 2. The lowest BCUT2D eigenvalue weighted by atomic mass is 9.99. The van der Waals surface area contributed by atoms with Crippen LogP contribution in [-0.4, -0.2) is 36.0 Å². The Hall–Kier alpha value is -2.86. The van der Waals surface area contributed by atoms with E-state index >= 15 is 0 Å². The number of nitrogens with one attached hydrogen (secondary N) is 3. The fraction of sp³-hybridized carbons (Fsp3) is 0.440. The summed E-state index contributed by atoms with van der Waals surface area (Å²) in [5, 5.41) is 8.47. The van der Waals surface area contributed by atoms with Crippen LogP contribution in [-0.2, 0) is 13.1 Å². The van der Waals surface area contributed by atoms with E-state index in [1.807, 2.05) is 13.8 Å². The van der Waals surface area contributed by atoms with Gasteiger partial charge < -0.3 is 16.0 Å². The summed E-state index contributed by atoms with van der Waals surface area (Å²) < 4.78 is 0. The summed E-state index contributed by atoms with van der Waals surface area (Å²) in [5.41, 5.74) is 3.60. The van der Waals surface area contributed by atoms with Gasteiger partial charge in [-0.3, -0.25) is 9.69 Å². The minimum absolute atomic E-state index is 0.0627. The highest BCUT2D eigenvalue weighted by Crippen LogP contribution is 2.18. The molecule has 6 nitrogen and oxygen atoms in total. The van der Waals surface area contributed by atoms with Crippen molar-refractivity contribution in [2.75, 3.05) is 18.4 Å². The van der Waals surface area contributed by atoms with E-state index < -0.39 is 0 Å². The van der Waals surface area contributed by atoms with Crippen molar-refractivity contribution in [2.45, 2.75) is 52.7 Å². The Labute approximate surface area is 185 Å². The van der Waals surface area contributed by atoms with E-state index in [-0.39, 0.29) is 18.0 Å². The average molecular weight is 423 g/mol. The van der Waals surface area contributed by atoms with Crippen LogP contribution in [0.25, 0.3) is 0 Å². The van der Waals surface area contributed by atoms with Crippen molar-refractivity contribution in [1.82, 2.24) is 15.5 Å². The van der Waals surface area contributed by atoms with Crippen LogP contribution in [0.5, 0.6) is 0 Å². The molecule has 1 saturated heterocycles. The molecule has 3 amide bonds. The second kappa shape index (κ2) is 11.0. The predicted molar refractivity (Wildman–Crippen MR) is 125 cm³/mol. The Morgan fingerprint density at radius 2 is 1.58 bits per heavy atom. The van der Waals surface area contributed by atoms with Crippen molar-refractivity contribution in [3.63, 3.8) is 0 Å². The first-order chi connectivity index (χ1) is 14.9. The van der Waals surface area contributed by atoms with Crippen LogP contribution >= 0.6 is 0 Å². The van der Waals surface area contributed by atoms with E-state index in [9.17, 15) is 9.59 Å². The highest BCUT2D eigenvalue weighted by molar-refractivity contribution is 5.95. The number of nitrogens with zero attached hydrogens (tertiary/aromatic N) is 1. The summed E-state index contributed by atoms with van der Waals surface area (Å²) in [4.78, 5) is 26.7. The summed E-state index contributed by atoms with van der Waals surface area (Å²) in [7, 11) is 0. The maximum Gasteiger partial charge on any atom is 0.319 e. The summed E-state index contributed by atoms with van der Waals surface area (Å²) in [6.07, 6.45) is 2.57. The van der Waals surface area contributed by atoms with E-state index in [4.69, 9.17) is 0 Å². The van der Waals surface area contributed by atoms with E-state index in [2.05, 4.69) is 52.0 Å². The first-order valence-corrected chi connectivity index (χ1v) is 11.1. The summed E-state index contributed by atoms with van der Waals surface area (Å²) in [6.45, 7) is 9.96. The molecule has 3 rings (SSSR count). The number of anilines is 1. The fourth-order valence-corrected chi connectivity index (χ4v) is 3.66. The molecular formula is C25H34N4O2. The van der Waals surface area contributed by atoms with Crippen LogP contribution in [0.1, 0.15) is 55.1 Å². The molecule has 0 unspecified atom stereocenters. The van der Waals surface area contributed by atoms with Crippen molar-refractivity contribution >= 4 is 17.6 Å². The van der Waals surface area contributed by atoms with Crippen molar-refractivity contribution in [1.29, 1.82) is 0 Å². The minimum atomic E-state index is -0.259. The van der Waals surface area contributed by atoms with Crippen molar-refractivity contribution in [3.8, 4) is 0 Å². The number of likely N-dealkylation sites (tertiary alicyclic amines) is 1. The molecule has 6 heteroatoms. The first-order valence-electron chi connectivity index (χ1n) is 11.1. The monoisotopic (exact) mass is 422 g/mol. The molecule has 1 heterocycles. The number of urea groups is 1. The third-order valence-electron chi connectivity index (χ3n) is 5.58. The molecule has 1 aliphatic heterocycles. The topological polar surface area (TPSA) is 73.5 Å². The number of rotatable bonds is 7. The van der Waals surface area contributed by atoms with Gasteiger partial charge in [-0.25, -0.2) is 4.79 Å². The van der Waals surface area contributed by atoms with Crippen LogP contribution < -0.4 is 16.0 Å². The SMILES string of the molecule is CC1CCN(Cc2ccc(CNC(=O)c3ccc(NC(=O)NC(C)C)cc3)cc2)CC1. The molecule has 0 saturated carbocycles. The highest BCUT2D eigenvalue weighted by Gasteiger charge is 2.15. The molecule has 0 atom stereocenters. The standard InChI is InChI=1S/C25H34N4O2/c1-18(2)27-25(31)28-23-10-8-22(9-11-23)24(30)26-16-20-4-6-21(7-5-20)17-29-14-12-19(3)13-15-29/h4-11,18-19H,12-17H2,1-3H3,(H,26,30)(H2,27,28,31). The quantitative estimate of drug-likeness (QED) is 0.620. The molecule has 31 heavy (non-hydrogen) atoms. The van der Waals surface area contributed by atoms with Gasteiger partial charge in [-0.05, 0) is 81.1 Å². The molecule has 0 aliphatic carbocycles. The van der Waals surface area contributed by atoms with Crippen LogP contribution in [0, 0.1) is 5.92 Å². The van der Waals surface area contributed by atoms with E-state index in [0.717, 1.165) is 18.0 Å². The Morgan fingerprint density at radius 1 is 0.968 bits per heavy atom. The zero-order valence-electron chi connectivity index (χ0n) is 18.8. The Bertz CT molecular complexity index is 854. The summed E-state index contributed by atoms with van der Waals surface area (Å²) in [5.74, 6) is 0.712. The Morgan fingerprint density at radius 3 is 2.19 bits per heavy atom. The van der Waals surface area contributed by atoms with Gasteiger partial charge in [0, 0.05) is 30.4 Å². The van der Waals surface area contributed by atoms with Gasteiger partial charge in [0.25, 0.3) is 5.91 Å². The zero-order chi connectivity index (χ0) is 22.2. The minimum Gasteiger partial charge on any atom is -0.348 e. The number of hydrogen-bond donors (Lipinski definition) is 3. The van der Waals surface area contributed by atoms with Gasteiger partial charge in [0.1, 0.15) is 0 Å². The highest BCUT2D eigenvalue weighted by atomic mass is 16.2. The van der Waals surface area contributed by atoms with E-state index in [0.29, 0.717) is 17.8 Å². The molecule has 0 aromatic heterocycles. The van der Waals surface area contributed by atoms with Gasteiger partial charge >= 0.3 is 6.03 Å². The van der Waals surface area contributed by atoms with E-state index in [1.54, 1.807) is 24.3 Å². The van der Waals surface area contributed by atoms with E-state index in [1.165, 1.54) is 31.5 Å². The molecule has 1 aliphatic rings. The van der Waals surface area contributed by atoms with Crippen LogP contribution in [0.4, 0.5) is 10.5 Å². The van der Waals surface area contributed by atoms with Crippen molar-refractivity contribution < 1.29 is 9.59 Å². The number of amides is 3. The van der Waals surface area contributed by atoms with Gasteiger partial charge in [0.2, 0.25) is 0 Å². The molecule has 2 aromatic carbocycles. The van der Waals surface area contributed by atoms with Gasteiger partial charge in [-0.15, -0.1) is 0 Å². The van der Waals surface area contributed by atoms with Crippen LogP contribution in [0.3, 0.4) is 0 Å². The molecule has 166 valence electrons. The molecule has 0 radical (unpaired) electrons. The number of piperidine rings is 1. The summed E-state index contributed by atoms with van der Waals surface area (Å²) in [6, 6.07) is 15.2. The molecule has 0 bridgehead atoms. The largest absolute Gasteiger partial charge is 0.348 e. The number of hydrogen-bond acceptors (Lipinski definition) is 3. The second-order valence-electron chi connectivity index (χ2n) is 8.79. The van der Waals surface area contributed by atoms with Gasteiger partial charge in [-0.1, -0.05) is 31.2 Å². The molecule has 2 aromatic rings.